The lowest BCUT2D eigenvalue weighted by atomic mass is 9.99. The van der Waals surface area contributed by atoms with Crippen LogP contribution in [0.15, 0.2) is 24.3 Å². The van der Waals surface area contributed by atoms with E-state index >= 15 is 0 Å². The summed E-state index contributed by atoms with van der Waals surface area (Å²) in [6.45, 7) is 2.48. The summed E-state index contributed by atoms with van der Waals surface area (Å²) in [5.74, 6) is 0.645. The SMILES string of the molecule is O=C(C1CC12CCCC2)N1CCNCC1c1ccccc1Cl. The lowest BCUT2D eigenvalue weighted by Gasteiger charge is -2.37. The van der Waals surface area contributed by atoms with Gasteiger partial charge in [-0.1, -0.05) is 42.6 Å². The number of carbonyl (C=O) groups is 1. The first-order valence-corrected chi connectivity index (χ1v) is 8.85. The highest BCUT2D eigenvalue weighted by molar-refractivity contribution is 6.31. The second-order valence-corrected chi connectivity index (χ2v) is 7.51. The highest BCUT2D eigenvalue weighted by atomic mass is 35.5. The van der Waals surface area contributed by atoms with Gasteiger partial charge in [0.1, 0.15) is 0 Å². The van der Waals surface area contributed by atoms with Gasteiger partial charge in [-0.2, -0.15) is 0 Å². The Hall–Kier alpha value is -1.06. The normalized spacial score (nSPS) is 29.8. The van der Waals surface area contributed by atoms with Crippen LogP contribution in [0.2, 0.25) is 5.02 Å². The molecule has 3 nitrogen and oxygen atoms in total. The minimum absolute atomic E-state index is 0.0778. The second-order valence-electron chi connectivity index (χ2n) is 7.10. The molecule has 0 bridgehead atoms. The molecule has 2 unspecified atom stereocenters. The topological polar surface area (TPSA) is 32.3 Å². The monoisotopic (exact) mass is 318 g/mol. The maximum atomic E-state index is 13.1. The first-order valence-electron chi connectivity index (χ1n) is 8.47. The first kappa shape index (κ1) is 14.5. The van der Waals surface area contributed by atoms with E-state index in [2.05, 4.69) is 16.3 Å². The number of nitrogens with one attached hydrogen (secondary N) is 1. The van der Waals surface area contributed by atoms with Crippen molar-refractivity contribution in [2.45, 2.75) is 38.1 Å². The summed E-state index contributed by atoms with van der Waals surface area (Å²) >= 11 is 6.38. The molecule has 1 aliphatic heterocycles. The molecule has 1 heterocycles. The van der Waals surface area contributed by atoms with Crippen LogP contribution in [0.3, 0.4) is 0 Å². The summed E-state index contributed by atoms with van der Waals surface area (Å²) in [6, 6.07) is 8.01. The predicted molar refractivity (Wildman–Crippen MR) is 87.8 cm³/mol. The van der Waals surface area contributed by atoms with Crippen LogP contribution in [0.25, 0.3) is 0 Å². The number of rotatable bonds is 2. The Balaban J connectivity index is 1.56. The number of amides is 1. The molecule has 1 aromatic carbocycles. The average Bonchev–Trinajstić information content (AvgIpc) is 3.04. The summed E-state index contributed by atoms with van der Waals surface area (Å²) in [6.07, 6.45) is 6.24. The number of piperazine rings is 1. The Kier molecular flexibility index (Phi) is 3.66. The largest absolute Gasteiger partial charge is 0.333 e. The van der Waals surface area contributed by atoms with E-state index in [4.69, 9.17) is 11.6 Å². The van der Waals surface area contributed by atoms with Gasteiger partial charge in [-0.15, -0.1) is 0 Å². The van der Waals surface area contributed by atoms with Gasteiger partial charge in [-0.05, 0) is 36.3 Å². The zero-order valence-corrected chi connectivity index (χ0v) is 13.6. The van der Waals surface area contributed by atoms with Crippen LogP contribution in [0.4, 0.5) is 0 Å². The van der Waals surface area contributed by atoms with Crippen molar-refractivity contribution in [3.05, 3.63) is 34.9 Å². The quantitative estimate of drug-likeness (QED) is 0.906. The number of carbonyl (C=O) groups excluding carboxylic acids is 1. The first-order chi connectivity index (χ1) is 10.7. The van der Waals surface area contributed by atoms with Gasteiger partial charge in [0.2, 0.25) is 5.91 Å². The molecule has 4 heteroatoms. The van der Waals surface area contributed by atoms with Gasteiger partial charge in [0, 0.05) is 30.6 Å². The van der Waals surface area contributed by atoms with E-state index in [1.54, 1.807) is 0 Å². The van der Waals surface area contributed by atoms with Gasteiger partial charge in [-0.25, -0.2) is 0 Å². The van der Waals surface area contributed by atoms with Crippen molar-refractivity contribution in [2.24, 2.45) is 11.3 Å². The third-order valence-electron chi connectivity index (χ3n) is 5.88. The molecule has 118 valence electrons. The molecule has 0 aromatic heterocycles. The third-order valence-corrected chi connectivity index (χ3v) is 6.22. The van der Waals surface area contributed by atoms with Crippen LogP contribution in [0.5, 0.6) is 0 Å². The maximum Gasteiger partial charge on any atom is 0.226 e. The van der Waals surface area contributed by atoms with E-state index in [0.29, 0.717) is 11.3 Å². The van der Waals surface area contributed by atoms with Crippen molar-refractivity contribution in [3.8, 4) is 0 Å². The van der Waals surface area contributed by atoms with Crippen LogP contribution >= 0.6 is 11.6 Å². The highest BCUT2D eigenvalue weighted by Crippen LogP contribution is 2.63. The summed E-state index contributed by atoms with van der Waals surface area (Å²) in [7, 11) is 0. The summed E-state index contributed by atoms with van der Waals surface area (Å²) < 4.78 is 0. The van der Waals surface area contributed by atoms with Crippen LogP contribution in [0, 0.1) is 11.3 Å². The molecule has 0 radical (unpaired) electrons. The van der Waals surface area contributed by atoms with Crippen molar-refractivity contribution in [3.63, 3.8) is 0 Å². The molecule has 2 atom stereocenters. The zero-order valence-electron chi connectivity index (χ0n) is 12.9. The Bertz CT molecular complexity index is 582. The fraction of sp³-hybridized carbons (Fsp3) is 0.611. The molecular weight excluding hydrogens is 296 g/mol. The molecule has 4 rings (SSSR count). The minimum atomic E-state index is 0.0778. The molecule has 3 aliphatic rings. The third kappa shape index (κ3) is 2.35. The van der Waals surface area contributed by atoms with Crippen LogP contribution in [-0.4, -0.2) is 30.4 Å². The highest BCUT2D eigenvalue weighted by Gasteiger charge is 2.60. The molecule has 2 aliphatic carbocycles. The maximum absolute atomic E-state index is 13.1. The van der Waals surface area contributed by atoms with Crippen LogP contribution in [0.1, 0.15) is 43.7 Å². The van der Waals surface area contributed by atoms with Gasteiger partial charge >= 0.3 is 0 Å². The van der Waals surface area contributed by atoms with E-state index in [0.717, 1.165) is 36.6 Å². The lowest BCUT2D eigenvalue weighted by Crippen LogP contribution is -2.49. The number of halogens is 1. The van der Waals surface area contributed by atoms with Gasteiger partial charge in [0.05, 0.1) is 6.04 Å². The Morgan fingerprint density at radius 3 is 2.82 bits per heavy atom. The Morgan fingerprint density at radius 1 is 1.27 bits per heavy atom. The van der Waals surface area contributed by atoms with Crippen molar-refractivity contribution in [1.82, 2.24) is 10.2 Å². The smallest absolute Gasteiger partial charge is 0.226 e. The molecule has 1 amide bonds. The van der Waals surface area contributed by atoms with Crippen molar-refractivity contribution < 1.29 is 4.79 Å². The molecule has 22 heavy (non-hydrogen) atoms. The van der Waals surface area contributed by atoms with E-state index in [1.807, 2.05) is 18.2 Å². The predicted octanol–water partition coefficient (Wildman–Crippen LogP) is 3.39. The van der Waals surface area contributed by atoms with Crippen LogP contribution in [-0.2, 0) is 4.79 Å². The average molecular weight is 319 g/mol. The van der Waals surface area contributed by atoms with Crippen molar-refractivity contribution in [1.29, 1.82) is 0 Å². The molecule has 1 N–H and O–H groups in total. The van der Waals surface area contributed by atoms with Crippen molar-refractivity contribution in [2.75, 3.05) is 19.6 Å². The number of hydrogen-bond acceptors (Lipinski definition) is 2. The zero-order chi connectivity index (χ0) is 15.2. The number of hydrogen-bond donors (Lipinski definition) is 1. The van der Waals surface area contributed by atoms with Gasteiger partial charge in [0.25, 0.3) is 0 Å². The molecule has 1 aromatic rings. The molecule has 3 fully saturated rings. The van der Waals surface area contributed by atoms with Crippen molar-refractivity contribution >= 4 is 17.5 Å². The fourth-order valence-electron chi connectivity index (χ4n) is 4.52. The molecule has 1 spiro atoms. The lowest BCUT2D eigenvalue weighted by molar-refractivity contribution is -0.136. The van der Waals surface area contributed by atoms with Gasteiger partial charge < -0.3 is 10.2 Å². The molecule has 2 saturated carbocycles. The van der Waals surface area contributed by atoms with E-state index in [1.165, 1.54) is 25.7 Å². The van der Waals surface area contributed by atoms with Gasteiger partial charge in [-0.3, -0.25) is 4.79 Å². The van der Waals surface area contributed by atoms with E-state index in [-0.39, 0.29) is 12.0 Å². The van der Waals surface area contributed by atoms with E-state index < -0.39 is 0 Å². The molecular formula is C18H23ClN2O. The van der Waals surface area contributed by atoms with Crippen LogP contribution < -0.4 is 5.32 Å². The number of benzene rings is 1. The summed E-state index contributed by atoms with van der Waals surface area (Å²) in [5.41, 5.74) is 1.44. The Morgan fingerprint density at radius 2 is 2.05 bits per heavy atom. The standard InChI is InChI=1S/C18H23ClN2O/c19-15-6-2-1-5-13(15)16-12-20-9-10-21(16)17(22)14-11-18(14)7-3-4-8-18/h1-2,5-6,14,16,20H,3-4,7-12H2. The fourth-order valence-corrected chi connectivity index (χ4v) is 4.78. The number of nitrogens with zero attached hydrogens (tertiary/aromatic N) is 1. The van der Waals surface area contributed by atoms with E-state index in [9.17, 15) is 4.79 Å². The Labute approximate surface area is 137 Å². The van der Waals surface area contributed by atoms with Gasteiger partial charge in [0.15, 0.2) is 0 Å². The molecule has 1 saturated heterocycles. The summed E-state index contributed by atoms with van der Waals surface area (Å²) in [5, 5.41) is 4.18. The minimum Gasteiger partial charge on any atom is -0.333 e. The second kappa shape index (κ2) is 5.54. The summed E-state index contributed by atoms with van der Waals surface area (Å²) in [4.78, 5) is 15.2.